The number of likely N-dealkylation sites (tertiary alicyclic amines) is 1. The number of benzene rings is 1. The third-order valence-corrected chi connectivity index (χ3v) is 9.76. The summed E-state index contributed by atoms with van der Waals surface area (Å²) in [7, 11) is 1.58. The van der Waals surface area contributed by atoms with Crippen molar-refractivity contribution in [3.63, 3.8) is 0 Å². The van der Waals surface area contributed by atoms with Crippen molar-refractivity contribution in [3.05, 3.63) is 48.1 Å². The van der Waals surface area contributed by atoms with Gasteiger partial charge in [0.15, 0.2) is 0 Å². The molecule has 7 atom stereocenters. The van der Waals surface area contributed by atoms with Gasteiger partial charge in [0.2, 0.25) is 17.7 Å². The molecule has 3 amide bonds. The van der Waals surface area contributed by atoms with Crippen LogP contribution in [0, 0.1) is 17.8 Å². The van der Waals surface area contributed by atoms with Gasteiger partial charge in [-0.1, -0.05) is 49.6 Å². The third-order valence-electron chi connectivity index (χ3n) is 9.76. The molecule has 2 aliphatic carbocycles. The first-order valence-electron chi connectivity index (χ1n) is 15.0. The van der Waals surface area contributed by atoms with Crippen LogP contribution in [0.3, 0.4) is 0 Å². The van der Waals surface area contributed by atoms with Crippen LogP contribution in [0.2, 0.25) is 0 Å². The van der Waals surface area contributed by atoms with Crippen molar-refractivity contribution in [2.75, 3.05) is 19.0 Å². The lowest BCUT2D eigenvalue weighted by Crippen LogP contribution is -2.57. The Morgan fingerprint density at radius 1 is 1.15 bits per heavy atom. The van der Waals surface area contributed by atoms with Crippen molar-refractivity contribution < 1.29 is 23.9 Å². The SMILES string of the molecule is COc1cccc(NC(=O)[C@H]2[C@H]3C=C[C@@]4(O3)[C@H]2C(=O)N(CCC2=CCCCC2)[C@@H]4C(=O)N[C@@H]2CCCC[C@H]2C)c1. The molecule has 3 fully saturated rings. The minimum absolute atomic E-state index is 0.0874. The Hall–Kier alpha value is -3.13. The number of hydrogen-bond acceptors (Lipinski definition) is 5. The van der Waals surface area contributed by atoms with E-state index in [-0.39, 0.29) is 23.8 Å². The van der Waals surface area contributed by atoms with Crippen LogP contribution in [0.5, 0.6) is 5.75 Å². The molecule has 2 bridgehead atoms. The number of carbonyl (C=O) groups excluding carboxylic acids is 3. The van der Waals surface area contributed by atoms with Crippen LogP contribution in [0.15, 0.2) is 48.1 Å². The largest absolute Gasteiger partial charge is 0.497 e. The lowest BCUT2D eigenvalue weighted by molar-refractivity contribution is -0.141. The Morgan fingerprint density at radius 2 is 2.00 bits per heavy atom. The molecule has 1 aromatic carbocycles. The normalized spacial score (nSPS) is 34.4. The molecule has 2 N–H and O–H groups in total. The van der Waals surface area contributed by atoms with E-state index in [1.54, 1.807) is 24.1 Å². The van der Waals surface area contributed by atoms with E-state index in [0.717, 1.165) is 44.9 Å². The second kappa shape index (κ2) is 11.0. The average Bonchev–Trinajstić information content (AvgIpc) is 3.61. The molecule has 6 rings (SSSR count). The number of rotatable bonds is 8. The highest BCUT2D eigenvalue weighted by atomic mass is 16.5. The van der Waals surface area contributed by atoms with Gasteiger partial charge in [0.25, 0.3) is 0 Å². The van der Waals surface area contributed by atoms with Gasteiger partial charge in [0.1, 0.15) is 17.4 Å². The molecule has 1 aromatic rings. The summed E-state index contributed by atoms with van der Waals surface area (Å²) in [4.78, 5) is 43.7. The van der Waals surface area contributed by atoms with Crippen molar-refractivity contribution in [2.45, 2.75) is 88.5 Å². The molecule has 3 heterocycles. The molecule has 8 heteroatoms. The molecule has 0 unspecified atom stereocenters. The molecule has 40 heavy (non-hydrogen) atoms. The molecule has 1 spiro atoms. The van der Waals surface area contributed by atoms with Gasteiger partial charge in [-0.15, -0.1) is 0 Å². The van der Waals surface area contributed by atoms with Crippen LogP contribution >= 0.6 is 0 Å². The molecular formula is C32H41N3O5. The maximum absolute atomic E-state index is 14.2. The minimum Gasteiger partial charge on any atom is -0.497 e. The van der Waals surface area contributed by atoms with E-state index in [4.69, 9.17) is 9.47 Å². The number of hydrogen-bond donors (Lipinski definition) is 2. The number of methoxy groups -OCH3 is 1. The summed E-state index contributed by atoms with van der Waals surface area (Å²) in [5.74, 6) is -1.04. The fourth-order valence-electron chi connectivity index (χ4n) is 7.62. The maximum Gasteiger partial charge on any atom is 0.246 e. The van der Waals surface area contributed by atoms with Gasteiger partial charge in [0, 0.05) is 24.3 Å². The third kappa shape index (κ3) is 4.74. The molecule has 0 aromatic heterocycles. The zero-order valence-corrected chi connectivity index (χ0v) is 23.6. The quantitative estimate of drug-likeness (QED) is 0.471. The van der Waals surface area contributed by atoms with Gasteiger partial charge >= 0.3 is 0 Å². The zero-order chi connectivity index (χ0) is 27.9. The molecule has 0 radical (unpaired) electrons. The predicted molar refractivity (Wildman–Crippen MR) is 152 cm³/mol. The number of fused-ring (bicyclic) bond motifs is 1. The summed E-state index contributed by atoms with van der Waals surface area (Å²) in [5.41, 5.74) is 0.806. The summed E-state index contributed by atoms with van der Waals surface area (Å²) in [5, 5.41) is 6.28. The number of nitrogens with zero attached hydrogens (tertiary/aromatic N) is 1. The Balaban J connectivity index is 1.28. The van der Waals surface area contributed by atoms with Crippen molar-refractivity contribution in [3.8, 4) is 5.75 Å². The van der Waals surface area contributed by atoms with Gasteiger partial charge in [-0.05, 0) is 63.0 Å². The second-order valence-electron chi connectivity index (χ2n) is 12.2. The summed E-state index contributed by atoms with van der Waals surface area (Å²) >= 11 is 0. The van der Waals surface area contributed by atoms with Gasteiger partial charge < -0.3 is 25.0 Å². The number of ether oxygens (including phenoxy) is 2. The van der Waals surface area contributed by atoms with Gasteiger partial charge in [-0.3, -0.25) is 14.4 Å². The van der Waals surface area contributed by atoms with Crippen molar-refractivity contribution in [2.24, 2.45) is 17.8 Å². The second-order valence-corrected chi connectivity index (χ2v) is 12.2. The Labute approximate surface area is 236 Å². The number of allylic oxidation sites excluding steroid dienone is 1. The average molecular weight is 548 g/mol. The van der Waals surface area contributed by atoms with Gasteiger partial charge in [-0.25, -0.2) is 0 Å². The first-order chi connectivity index (χ1) is 19.4. The molecule has 3 aliphatic heterocycles. The Morgan fingerprint density at radius 3 is 2.77 bits per heavy atom. The smallest absolute Gasteiger partial charge is 0.246 e. The molecule has 2 saturated heterocycles. The van der Waals surface area contributed by atoms with Crippen molar-refractivity contribution in [1.29, 1.82) is 0 Å². The number of nitrogens with one attached hydrogen (secondary N) is 2. The van der Waals surface area contributed by atoms with E-state index in [2.05, 4.69) is 23.6 Å². The van der Waals surface area contributed by atoms with Gasteiger partial charge in [0.05, 0.1) is 25.0 Å². The van der Waals surface area contributed by atoms with E-state index in [9.17, 15) is 14.4 Å². The Bertz CT molecular complexity index is 1230. The van der Waals surface area contributed by atoms with E-state index in [0.29, 0.717) is 23.9 Å². The van der Waals surface area contributed by atoms with Crippen LogP contribution in [-0.2, 0) is 19.1 Å². The predicted octanol–water partition coefficient (Wildman–Crippen LogP) is 4.37. The fraction of sp³-hybridized carbons (Fsp3) is 0.594. The Kier molecular flexibility index (Phi) is 7.46. The maximum atomic E-state index is 14.2. The highest BCUT2D eigenvalue weighted by Crippen LogP contribution is 2.55. The van der Waals surface area contributed by atoms with E-state index in [1.807, 2.05) is 24.3 Å². The summed E-state index contributed by atoms with van der Waals surface area (Å²) in [6.07, 6.45) is 15.0. The van der Waals surface area contributed by atoms with Crippen molar-refractivity contribution >= 4 is 23.4 Å². The molecule has 214 valence electrons. The van der Waals surface area contributed by atoms with E-state index in [1.165, 1.54) is 18.4 Å². The summed E-state index contributed by atoms with van der Waals surface area (Å²) in [6, 6.07) is 6.46. The lowest BCUT2D eigenvalue weighted by atomic mass is 9.74. The molecular weight excluding hydrogens is 506 g/mol. The van der Waals surface area contributed by atoms with Gasteiger partial charge in [-0.2, -0.15) is 0 Å². The lowest BCUT2D eigenvalue weighted by Gasteiger charge is -2.36. The highest BCUT2D eigenvalue weighted by Gasteiger charge is 2.72. The zero-order valence-electron chi connectivity index (χ0n) is 23.6. The molecule has 1 saturated carbocycles. The molecule has 8 nitrogen and oxygen atoms in total. The van der Waals surface area contributed by atoms with E-state index < -0.39 is 29.6 Å². The van der Waals surface area contributed by atoms with Crippen LogP contribution in [-0.4, -0.2) is 60.1 Å². The van der Waals surface area contributed by atoms with E-state index >= 15 is 0 Å². The highest BCUT2D eigenvalue weighted by molar-refractivity contribution is 6.02. The number of carbonyl (C=O) groups is 3. The first-order valence-corrected chi connectivity index (χ1v) is 15.0. The fourth-order valence-corrected chi connectivity index (χ4v) is 7.62. The topological polar surface area (TPSA) is 97.0 Å². The van der Waals surface area contributed by atoms with Crippen molar-refractivity contribution in [1.82, 2.24) is 10.2 Å². The molecule has 5 aliphatic rings. The first kappa shape index (κ1) is 27.1. The summed E-state index contributed by atoms with van der Waals surface area (Å²) < 4.78 is 11.8. The number of amides is 3. The monoisotopic (exact) mass is 547 g/mol. The summed E-state index contributed by atoms with van der Waals surface area (Å²) in [6.45, 7) is 2.64. The minimum atomic E-state index is -1.14. The number of anilines is 1. The van der Waals surface area contributed by atoms with Crippen LogP contribution in [0.4, 0.5) is 5.69 Å². The standard InChI is InChI=1S/C32H41N3O5/c1-20-9-6-7-14-24(20)34-30(37)28-32-17-15-25(40-32)26(29(36)33-22-12-8-13-23(19-22)39-2)27(32)31(38)35(28)18-16-21-10-4-3-5-11-21/h8,10,12-13,15,17,19-20,24-28H,3-7,9,11,14,16,18H2,1-2H3,(H,33,36)(H,34,37)/t20-,24-,25-,26+,27-,28-,32-/m1/s1. The van der Waals surface area contributed by atoms with Crippen LogP contribution in [0.1, 0.15) is 64.7 Å². The van der Waals surface area contributed by atoms with Crippen LogP contribution < -0.4 is 15.4 Å². The van der Waals surface area contributed by atoms with Crippen LogP contribution in [0.25, 0.3) is 0 Å².